The van der Waals surface area contributed by atoms with Crippen LogP contribution in [0.5, 0.6) is 5.75 Å². The van der Waals surface area contributed by atoms with E-state index in [1.807, 2.05) is 36.4 Å². The molecule has 1 heterocycles. The zero-order valence-corrected chi connectivity index (χ0v) is 17.1. The third kappa shape index (κ3) is 2.89. The number of carbonyl (C=O) groups excluding carboxylic acids is 2. The Morgan fingerprint density at radius 1 is 1.10 bits per heavy atom. The average molecular weight is 406 g/mol. The molecule has 30 heavy (non-hydrogen) atoms. The number of hydrogen-bond donors (Lipinski definition) is 3. The number of aliphatic hydroxyl groups is 1. The van der Waals surface area contributed by atoms with E-state index in [2.05, 4.69) is 17.6 Å². The Labute approximate surface area is 175 Å². The third-order valence-corrected chi connectivity index (χ3v) is 7.05. The number of hydrogen-bond acceptors (Lipinski definition) is 4. The lowest BCUT2D eigenvalue weighted by molar-refractivity contribution is 0.0937. The highest BCUT2D eigenvalue weighted by molar-refractivity contribution is 6.02. The van der Waals surface area contributed by atoms with Gasteiger partial charge in [-0.3, -0.25) is 9.59 Å². The SMILES string of the molecule is CNC(=O)c1cc(C(=O)N[C@H]2[C@@H]3C[C@@H](O)C[C@@H]32)cc2c1OC[C@@]2(C)c1ccccc1. The molecule has 2 aliphatic carbocycles. The molecule has 2 fully saturated rings. The van der Waals surface area contributed by atoms with Gasteiger partial charge >= 0.3 is 0 Å². The van der Waals surface area contributed by atoms with E-state index >= 15 is 0 Å². The van der Waals surface area contributed by atoms with Crippen LogP contribution in [-0.4, -0.2) is 42.7 Å². The summed E-state index contributed by atoms with van der Waals surface area (Å²) in [5.41, 5.74) is 2.33. The Hall–Kier alpha value is -2.86. The van der Waals surface area contributed by atoms with Crippen LogP contribution in [0.1, 0.15) is 51.6 Å². The van der Waals surface area contributed by atoms with Gasteiger partial charge in [0.2, 0.25) is 0 Å². The molecule has 5 atom stereocenters. The Bertz CT molecular complexity index is 1010. The molecule has 6 heteroatoms. The molecule has 2 aromatic carbocycles. The van der Waals surface area contributed by atoms with E-state index < -0.39 is 5.41 Å². The Morgan fingerprint density at radius 3 is 2.47 bits per heavy atom. The van der Waals surface area contributed by atoms with E-state index in [9.17, 15) is 14.7 Å². The number of amides is 2. The quantitative estimate of drug-likeness (QED) is 0.727. The highest BCUT2D eigenvalue weighted by atomic mass is 16.5. The fourth-order valence-electron chi connectivity index (χ4n) is 5.23. The summed E-state index contributed by atoms with van der Waals surface area (Å²) in [5, 5.41) is 15.5. The predicted octanol–water partition coefficient (Wildman–Crippen LogP) is 2.24. The lowest BCUT2D eigenvalue weighted by Gasteiger charge is -2.24. The van der Waals surface area contributed by atoms with Crippen molar-refractivity contribution >= 4 is 11.8 Å². The number of rotatable bonds is 4. The van der Waals surface area contributed by atoms with Crippen molar-refractivity contribution in [3.8, 4) is 5.75 Å². The van der Waals surface area contributed by atoms with Gasteiger partial charge in [-0.15, -0.1) is 0 Å². The van der Waals surface area contributed by atoms with Crippen LogP contribution in [0.2, 0.25) is 0 Å². The van der Waals surface area contributed by atoms with Gasteiger partial charge in [-0.05, 0) is 49.3 Å². The molecule has 0 spiro atoms. The molecule has 2 amide bonds. The maximum atomic E-state index is 13.1. The highest BCUT2D eigenvalue weighted by Gasteiger charge is 2.56. The molecule has 2 aromatic rings. The minimum atomic E-state index is -0.449. The summed E-state index contributed by atoms with van der Waals surface area (Å²) in [5.74, 6) is 0.830. The molecule has 0 bridgehead atoms. The Balaban J connectivity index is 1.51. The maximum Gasteiger partial charge on any atom is 0.254 e. The lowest BCUT2D eigenvalue weighted by Crippen LogP contribution is -2.31. The Kier molecular flexibility index (Phi) is 4.36. The fourth-order valence-corrected chi connectivity index (χ4v) is 5.23. The van der Waals surface area contributed by atoms with Crippen LogP contribution in [0.3, 0.4) is 0 Å². The van der Waals surface area contributed by atoms with Crippen molar-refractivity contribution in [2.45, 2.75) is 37.3 Å². The van der Waals surface area contributed by atoms with Crippen LogP contribution in [0.4, 0.5) is 0 Å². The van der Waals surface area contributed by atoms with E-state index in [1.165, 1.54) is 0 Å². The van der Waals surface area contributed by atoms with Crippen LogP contribution in [0, 0.1) is 11.8 Å². The number of ether oxygens (including phenoxy) is 1. The van der Waals surface area contributed by atoms with Crippen molar-refractivity contribution in [2.75, 3.05) is 13.7 Å². The van der Waals surface area contributed by atoms with Crippen LogP contribution >= 0.6 is 0 Å². The minimum Gasteiger partial charge on any atom is -0.491 e. The normalized spacial score (nSPS) is 30.8. The summed E-state index contributed by atoms with van der Waals surface area (Å²) in [7, 11) is 1.57. The minimum absolute atomic E-state index is 0.120. The highest BCUT2D eigenvalue weighted by Crippen LogP contribution is 2.52. The predicted molar refractivity (Wildman–Crippen MR) is 112 cm³/mol. The molecular weight excluding hydrogens is 380 g/mol. The number of benzene rings is 2. The average Bonchev–Trinajstić information content (AvgIpc) is 3.08. The topological polar surface area (TPSA) is 87.7 Å². The van der Waals surface area contributed by atoms with E-state index in [-0.39, 0.29) is 24.0 Å². The third-order valence-electron chi connectivity index (χ3n) is 7.05. The van der Waals surface area contributed by atoms with Gasteiger partial charge in [-0.25, -0.2) is 0 Å². The molecule has 0 aromatic heterocycles. The second-order valence-corrected chi connectivity index (χ2v) is 8.92. The molecular formula is C24H26N2O4. The van der Waals surface area contributed by atoms with Gasteiger partial charge in [0.25, 0.3) is 11.8 Å². The van der Waals surface area contributed by atoms with Crippen molar-refractivity contribution in [3.05, 3.63) is 64.7 Å². The van der Waals surface area contributed by atoms with Gasteiger partial charge in [0.05, 0.1) is 17.1 Å². The van der Waals surface area contributed by atoms with E-state index in [4.69, 9.17) is 4.74 Å². The first kappa shape index (κ1) is 19.1. The lowest BCUT2D eigenvalue weighted by atomic mass is 9.77. The molecule has 0 saturated heterocycles. The largest absolute Gasteiger partial charge is 0.491 e. The second-order valence-electron chi connectivity index (χ2n) is 8.92. The van der Waals surface area contributed by atoms with Gasteiger partial charge in [-0.2, -0.15) is 0 Å². The van der Waals surface area contributed by atoms with Crippen LogP contribution in [-0.2, 0) is 5.41 Å². The van der Waals surface area contributed by atoms with Gasteiger partial charge in [0.15, 0.2) is 0 Å². The van der Waals surface area contributed by atoms with E-state index in [1.54, 1.807) is 13.1 Å². The van der Waals surface area contributed by atoms with Crippen molar-refractivity contribution < 1.29 is 19.4 Å². The van der Waals surface area contributed by atoms with E-state index in [0.29, 0.717) is 35.3 Å². The van der Waals surface area contributed by atoms with Crippen molar-refractivity contribution in [3.63, 3.8) is 0 Å². The maximum absolute atomic E-state index is 13.1. The van der Waals surface area contributed by atoms with Crippen LogP contribution in [0.25, 0.3) is 0 Å². The molecule has 156 valence electrons. The standard InChI is InChI=1S/C24H26N2O4/c1-24(14-6-4-3-5-7-14)12-30-21-18(23(29)25-2)8-13(9-19(21)24)22(28)26-20-16-10-15(27)11-17(16)20/h3-9,15-17,20,27H,10-12H2,1-2H3,(H,25,29)(H,26,28)/t15-,16-,17+,20+,24-/m0/s1. The first-order valence-corrected chi connectivity index (χ1v) is 10.5. The van der Waals surface area contributed by atoms with Crippen molar-refractivity contribution in [2.24, 2.45) is 11.8 Å². The zero-order chi connectivity index (χ0) is 21.0. The van der Waals surface area contributed by atoms with Crippen LogP contribution in [0.15, 0.2) is 42.5 Å². The number of aliphatic hydroxyl groups excluding tert-OH is 1. The van der Waals surface area contributed by atoms with Gasteiger partial charge in [0, 0.05) is 24.2 Å². The first-order valence-electron chi connectivity index (χ1n) is 10.5. The van der Waals surface area contributed by atoms with Crippen molar-refractivity contribution in [1.29, 1.82) is 0 Å². The summed E-state index contributed by atoms with van der Waals surface area (Å²) in [6.45, 7) is 2.49. The molecule has 3 N–H and O–H groups in total. The summed E-state index contributed by atoms with van der Waals surface area (Å²) in [6, 6.07) is 13.6. The van der Waals surface area contributed by atoms with Crippen LogP contribution < -0.4 is 15.4 Å². The Morgan fingerprint density at radius 2 is 1.80 bits per heavy atom. The van der Waals surface area contributed by atoms with Crippen molar-refractivity contribution in [1.82, 2.24) is 10.6 Å². The summed E-state index contributed by atoms with van der Waals surface area (Å²) < 4.78 is 6.00. The molecule has 1 aliphatic heterocycles. The fraction of sp³-hybridized carbons (Fsp3) is 0.417. The van der Waals surface area contributed by atoms with Gasteiger partial charge in [0.1, 0.15) is 12.4 Å². The smallest absolute Gasteiger partial charge is 0.254 e. The summed E-state index contributed by atoms with van der Waals surface area (Å²) in [6.07, 6.45) is 1.27. The molecule has 5 rings (SSSR count). The summed E-state index contributed by atoms with van der Waals surface area (Å²) in [4.78, 5) is 25.6. The molecule has 6 nitrogen and oxygen atoms in total. The monoisotopic (exact) mass is 406 g/mol. The number of nitrogens with one attached hydrogen (secondary N) is 2. The second kappa shape index (κ2) is 6.84. The molecule has 3 aliphatic rings. The molecule has 2 saturated carbocycles. The molecule has 0 radical (unpaired) electrons. The van der Waals surface area contributed by atoms with Gasteiger partial charge in [-0.1, -0.05) is 30.3 Å². The molecule has 0 unspecified atom stereocenters. The summed E-state index contributed by atoms with van der Waals surface area (Å²) >= 11 is 0. The number of carbonyl (C=O) groups is 2. The zero-order valence-electron chi connectivity index (χ0n) is 17.1. The van der Waals surface area contributed by atoms with E-state index in [0.717, 1.165) is 24.0 Å². The number of fused-ring (bicyclic) bond motifs is 2. The first-order chi connectivity index (χ1) is 14.4. The van der Waals surface area contributed by atoms with Gasteiger partial charge < -0.3 is 20.5 Å².